The van der Waals surface area contributed by atoms with Crippen molar-refractivity contribution in [1.82, 2.24) is 0 Å². The number of methoxy groups -OCH3 is 1. The molecule has 1 N–H and O–H groups in total. The summed E-state index contributed by atoms with van der Waals surface area (Å²) in [5.41, 5.74) is 1.14. The summed E-state index contributed by atoms with van der Waals surface area (Å²) in [5.74, 6) is 0.371. The van der Waals surface area contributed by atoms with Gasteiger partial charge in [0.25, 0.3) is 10.0 Å². The Morgan fingerprint density at radius 3 is 2.48 bits per heavy atom. The molecule has 4 nitrogen and oxygen atoms in total. The van der Waals surface area contributed by atoms with Gasteiger partial charge in [0, 0.05) is 5.02 Å². The number of hydrogen-bond acceptors (Lipinski definition) is 4. The van der Waals surface area contributed by atoms with Gasteiger partial charge in [0.15, 0.2) is 5.75 Å². The maximum absolute atomic E-state index is 12.4. The van der Waals surface area contributed by atoms with Crippen LogP contribution in [0.3, 0.4) is 0 Å². The van der Waals surface area contributed by atoms with Gasteiger partial charge in [-0.3, -0.25) is 4.72 Å². The third-order valence-electron chi connectivity index (χ3n) is 2.56. The highest BCUT2D eigenvalue weighted by molar-refractivity contribution is 9.11. The Bertz CT molecular complexity index is 771. The number of sulfonamides is 1. The standard InChI is InChI=1S/C12H10Br2ClNO3S2/c1-6-3-10(20-12(6)14)21(17,18)16-9-5-7(15)4-8(13)11(9)19-2/h3-5,16H,1-2H3. The van der Waals surface area contributed by atoms with Crippen molar-refractivity contribution in [1.29, 1.82) is 0 Å². The normalized spacial score (nSPS) is 11.5. The van der Waals surface area contributed by atoms with Crippen LogP contribution in [0.2, 0.25) is 5.02 Å². The molecule has 1 aromatic heterocycles. The van der Waals surface area contributed by atoms with E-state index in [1.807, 2.05) is 6.92 Å². The van der Waals surface area contributed by atoms with E-state index in [1.165, 1.54) is 13.2 Å². The highest BCUT2D eigenvalue weighted by Crippen LogP contribution is 2.38. The first-order valence-electron chi connectivity index (χ1n) is 5.56. The van der Waals surface area contributed by atoms with Crippen LogP contribution in [0.25, 0.3) is 0 Å². The van der Waals surface area contributed by atoms with Crippen LogP contribution in [0, 0.1) is 6.92 Å². The Balaban J connectivity index is 2.46. The van der Waals surface area contributed by atoms with Crippen molar-refractivity contribution in [3.8, 4) is 5.75 Å². The predicted molar refractivity (Wildman–Crippen MR) is 93.3 cm³/mol. The number of aryl methyl sites for hydroxylation is 1. The van der Waals surface area contributed by atoms with Crippen LogP contribution in [-0.4, -0.2) is 15.5 Å². The molecule has 1 aromatic carbocycles. The van der Waals surface area contributed by atoms with E-state index in [9.17, 15) is 8.42 Å². The molecule has 0 atom stereocenters. The minimum atomic E-state index is -3.70. The van der Waals surface area contributed by atoms with Crippen LogP contribution in [0.5, 0.6) is 5.75 Å². The van der Waals surface area contributed by atoms with Crippen molar-refractivity contribution < 1.29 is 13.2 Å². The molecule has 0 aliphatic rings. The Labute approximate surface area is 148 Å². The maximum atomic E-state index is 12.4. The number of nitrogens with one attached hydrogen (secondary N) is 1. The Hall–Kier alpha value is -0.280. The summed E-state index contributed by atoms with van der Waals surface area (Å²) in [6.45, 7) is 1.83. The molecule has 0 saturated carbocycles. The molecule has 9 heteroatoms. The van der Waals surface area contributed by atoms with Crippen molar-refractivity contribution in [2.45, 2.75) is 11.1 Å². The van der Waals surface area contributed by atoms with Crippen molar-refractivity contribution in [3.63, 3.8) is 0 Å². The first-order valence-corrected chi connectivity index (χ1v) is 9.82. The van der Waals surface area contributed by atoms with Crippen molar-refractivity contribution in [2.75, 3.05) is 11.8 Å². The van der Waals surface area contributed by atoms with E-state index in [4.69, 9.17) is 16.3 Å². The van der Waals surface area contributed by atoms with Gasteiger partial charge in [-0.1, -0.05) is 11.6 Å². The first kappa shape index (κ1) is 17.1. The number of halogens is 3. The van der Waals surface area contributed by atoms with Crippen LogP contribution in [0.15, 0.2) is 30.7 Å². The molecular weight excluding hydrogens is 466 g/mol. The van der Waals surface area contributed by atoms with Gasteiger partial charge in [-0.2, -0.15) is 0 Å². The van der Waals surface area contributed by atoms with Crippen molar-refractivity contribution in [3.05, 3.63) is 37.0 Å². The lowest BCUT2D eigenvalue weighted by molar-refractivity contribution is 0.414. The second kappa shape index (κ2) is 6.45. The summed E-state index contributed by atoms with van der Waals surface area (Å²) >= 11 is 13.7. The number of rotatable bonds is 4. The molecule has 2 aromatic rings. The minimum absolute atomic E-state index is 0.213. The monoisotopic (exact) mass is 473 g/mol. The van der Waals surface area contributed by atoms with Gasteiger partial charge in [-0.15, -0.1) is 11.3 Å². The van der Waals surface area contributed by atoms with Gasteiger partial charge in [-0.05, 0) is 62.5 Å². The molecule has 0 spiro atoms. The lowest BCUT2D eigenvalue weighted by Gasteiger charge is -2.13. The number of thiophene rings is 1. The summed E-state index contributed by atoms with van der Waals surface area (Å²) in [5, 5.41) is 0.393. The summed E-state index contributed by atoms with van der Waals surface area (Å²) in [6.07, 6.45) is 0. The summed E-state index contributed by atoms with van der Waals surface area (Å²) in [6, 6.07) is 4.73. The van der Waals surface area contributed by atoms with Gasteiger partial charge < -0.3 is 4.74 Å². The van der Waals surface area contributed by atoms with Crippen LogP contribution in [-0.2, 0) is 10.0 Å². The van der Waals surface area contributed by atoms with E-state index < -0.39 is 10.0 Å². The fourth-order valence-electron chi connectivity index (χ4n) is 1.60. The Morgan fingerprint density at radius 2 is 1.95 bits per heavy atom. The topological polar surface area (TPSA) is 55.4 Å². The highest BCUT2D eigenvalue weighted by atomic mass is 79.9. The predicted octanol–water partition coefficient (Wildman–Crippen LogP) is 5.04. The Kier molecular flexibility index (Phi) is 5.25. The first-order chi connectivity index (χ1) is 9.74. The van der Waals surface area contributed by atoms with Crippen LogP contribution in [0.4, 0.5) is 5.69 Å². The third-order valence-corrected chi connectivity index (χ3v) is 7.34. The number of anilines is 1. The maximum Gasteiger partial charge on any atom is 0.271 e. The second-order valence-corrected chi connectivity index (χ2v) is 9.67. The molecule has 114 valence electrons. The van der Waals surface area contributed by atoms with Gasteiger partial charge in [0.05, 0.1) is 21.1 Å². The molecule has 0 aliphatic carbocycles. The highest BCUT2D eigenvalue weighted by Gasteiger charge is 2.21. The Morgan fingerprint density at radius 1 is 1.29 bits per heavy atom. The lowest BCUT2D eigenvalue weighted by Crippen LogP contribution is -2.12. The van der Waals surface area contributed by atoms with E-state index in [0.29, 0.717) is 15.2 Å². The summed E-state index contributed by atoms with van der Waals surface area (Å²) in [7, 11) is -2.25. The van der Waals surface area contributed by atoms with Crippen molar-refractivity contribution >= 4 is 70.5 Å². The molecule has 0 bridgehead atoms. The SMILES string of the molecule is COc1c(Br)cc(Cl)cc1NS(=O)(=O)c1cc(C)c(Br)s1. The van der Waals surface area contributed by atoms with Crippen LogP contribution < -0.4 is 9.46 Å². The molecule has 0 amide bonds. The molecule has 1 heterocycles. The van der Waals surface area contributed by atoms with Gasteiger partial charge in [-0.25, -0.2) is 8.42 Å². The fraction of sp³-hybridized carbons (Fsp3) is 0.167. The zero-order valence-electron chi connectivity index (χ0n) is 10.9. The van der Waals surface area contributed by atoms with E-state index in [0.717, 1.165) is 20.7 Å². The number of hydrogen-bond donors (Lipinski definition) is 1. The van der Waals surface area contributed by atoms with E-state index in [-0.39, 0.29) is 9.90 Å². The van der Waals surface area contributed by atoms with E-state index >= 15 is 0 Å². The van der Waals surface area contributed by atoms with Gasteiger partial charge in [0.2, 0.25) is 0 Å². The third kappa shape index (κ3) is 3.73. The van der Waals surface area contributed by atoms with Crippen molar-refractivity contribution in [2.24, 2.45) is 0 Å². The zero-order valence-corrected chi connectivity index (χ0v) is 16.5. The zero-order chi connectivity index (χ0) is 15.8. The number of ether oxygens (including phenoxy) is 1. The molecule has 0 aliphatic heterocycles. The van der Waals surface area contributed by atoms with Crippen LogP contribution in [0.1, 0.15) is 5.56 Å². The minimum Gasteiger partial charge on any atom is -0.493 e. The molecule has 0 saturated heterocycles. The molecule has 0 radical (unpaired) electrons. The average molecular weight is 476 g/mol. The lowest BCUT2D eigenvalue weighted by atomic mass is 10.3. The van der Waals surface area contributed by atoms with E-state index in [2.05, 4.69) is 36.6 Å². The molecule has 2 rings (SSSR count). The molecule has 0 fully saturated rings. The molecular formula is C12H10Br2ClNO3S2. The molecule has 0 unspecified atom stereocenters. The largest absolute Gasteiger partial charge is 0.493 e. The fourth-order valence-corrected chi connectivity index (χ4v) is 5.85. The van der Waals surface area contributed by atoms with Gasteiger partial charge >= 0.3 is 0 Å². The summed E-state index contributed by atoms with van der Waals surface area (Å²) in [4.78, 5) is 0. The quantitative estimate of drug-likeness (QED) is 0.674. The number of benzene rings is 1. The average Bonchev–Trinajstić information content (AvgIpc) is 2.69. The van der Waals surface area contributed by atoms with E-state index in [1.54, 1.807) is 12.1 Å². The summed E-state index contributed by atoms with van der Waals surface area (Å²) < 4.78 is 34.1. The molecule has 21 heavy (non-hydrogen) atoms. The second-order valence-electron chi connectivity index (χ2n) is 4.10. The smallest absolute Gasteiger partial charge is 0.271 e. The van der Waals surface area contributed by atoms with Gasteiger partial charge in [0.1, 0.15) is 4.21 Å². The van der Waals surface area contributed by atoms with Crippen LogP contribution >= 0.6 is 54.8 Å².